The van der Waals surface area contributed by atoms with Gasteiger partial charge in [-0.2, -0.15) is 4.98 Å². The molecule has 2 aromatic carbocycles. The van der Waals surface area contributed by atoms with Crippen LogP contribution in [0, 0.1) is 0 Å². The van der Waals surface area contributed by atoms with Crippen molar-refractivity contribution in [3.05, 3.63) is 48.0 Å². The Morgan fingerprint density at radius 1 is 1.24 bits per heavy atom. The molecule has 3 aromatic rings. The number of nitrogens with one attached hydrogen (secondary N) is 1. The molecular weight excluding hydrogens is 390 g/mol. The van der Waals surface area contributed by atoms with Crippen molar-refractivity contribution in [2.75, 3.05) is 18.6 Å². The summed E-state index contributed by atoms with van der Waals surface area (Å²) in [6.07, 6.45) is 0.377. The van der Waals surface area contributed by atoms with Crippen LogP contribution >= 0.6 is 11.8 Å². The lowest BCUT2D eigenvalue weighted by Crippen LogP contribution is -2.36. The lowest BCUT2D eigenvalue weighted by atomic mass is 9.97. The van der Waals surface area contributed by atoms with Crippen molar-refractivity contribution in [1.29, 1.82) is 0 Å². The summed E-state index contributed by atoms with van der Waals surface area (Å²) in [4.78, 5) is 30.4. The number of para-hydroxylation sites is 2. The average molecular weight is 411 g/mol. The fraction of sp³-hybridized carbons (Fsp3) is 0.286. The maximum atomic E-state index is 12.3. The van der Waals surface area contributed by atoms with Gasteiger partial charge in [0.25, 0.3) is 5.24 Å². The minimum atomic E-state index is -0.874. The van der Waals surface area contributed by atoms with Gasteiger partial charge in [0.05, 0.1) is 12.3 Å². The molecule has 29 heavy (non-hydrogen) atoms. The highest BCUT2D eigenvalue weighted by Gasteiger charge is 2.44. The number of thioether (sulfide) groups is 1. The van der Waals surface area contributed by atoms with E-state index in [-0.39, 0.29) is 11.1 Å². The molecular formula is C21H21N3O4S. The standard InChI is InChI=1S/C21H21N3O4S/c1-4-27-14-10-9-13(12-21(2)18(25)23-20(26)29-21)16(11-14)24(3)19-22-15-7-5-6-8-17(15)28-19/h5-11H,4,12H2,1-3H3,(H,23,25,26). The molecule has 1 aromatic heterocycles. The summed E-state index contributed by atoms with van der Waals surface area (Å²) in [5, 5.41) is 2.05. The maximum Gasteiger partial charge on any atom is 0.302 e. The Kier molecular flexibility index (Phi) is 4.96. The molecule has 1 fully saturated rings. The van der Waals surface area contributed by atoms with Crippen LogP contribution in [0.4, 0.5) is 16.5 Å². The number of ether oxygens (including phenoxy) is 1. The number of oxazole rings is 1. The Morgan fingerprint density at radius 2 is 2.03 bits per heavy atom. The number of benzene rings is 2. The van der Waals surface area contributed by atoms with Crippen LogP contribution in [-0.2, 0) is 11.2 Å². The van der Waals surface area contributed by atoms with Crippen LogP contribution in [0.15, 0.2) is 46.9 Å². The Hall–Kier alpha value is -3.00. The summed E-state index contributed by atoms with van der Waals surface area (Å²) in [5.74, 6) is 0.427. The van der Waals surface area contributed by atoms with Gasteiger partial charge in [-0.25, -0.2) is 0 Å². The van der Waals surface area contributed by atoms with Crippen molar-refractivity contribution in [2.24, 2.45) is 0 Å². The second-order valence-corrected chi connectivity index (χ2v) is 8.47. The SMILES string of the molecule is CCOc1ccc(CC2(C)SC(=O)NC2=O)c(N(C)c2nc3ccccc3o2)c1. The molecule has 4 rings (SSSR count). The van der Waals surface area contributed by atoms with E-state index in [1.807, 2.05) is 61.3 Å². The molecule has 0 aliphatic carbocycles. The number of carbonyl (C=O) groups is 2. The summed E-state index contributed by atoms with van der Waals surface area (Å²) in [6.45, 7) is 4.23. The van der Waals surface area contributed by atoms with E-state index in [0.29, 0.717) is 30.4 Å². The van der Waals surface area contributed by atoms with Crippen LogP contribution in [-0.4, -0.2) is 34.5 Å². The topological polar surface area (TPSA) is 84.7 Å². The minimum Gasteiger partial charge on any atom is -0.494 e. The number of aromatic nitrogens is 1. The van der Waals surface area contributed by atoms with E-state index in [4.69, 9.17) is 9.15 Å². The second-order valence-electron chi connectivity index (χ2n) is 7.00. The van der Waals surface area contributed by atoms with Gasteiger partial charge in [0, 0.05) is 13.1 Å². The van der Waals surface area contributed by atoms with E-state index in [1.165, 1.54) is 0 Å². The molecule has 1 aliphatic rings. The number of fused-ring (bicyclic) bond motifs is 1. The average Bonchev–Trinajstić information content (AvgIpc) is 3.23. The molecule has 1 N–H and O–H groups in total. The lowest BCUT2D eigenvalue weighted by molar-refractivity contribution is -0.121. The van der Waals surface area contributed by atoms with E-state index in [9.17, 15) is 9.59 Å². The quantitative estimate of drug-likeness (QED) is 0.648. The minimum absolute atomic E-state index is 0.281. The molecule has 1 atom stereocenters. The van der Waals surface area contributed by atoms with Gasteiger partial charge in [0.1, 0.15) is 16.0 Å². The van der Waals surface area contributed by atoms with Crippen molar-refractivity contribution in [1.82, 2.24) is 10.3 Å². The highest BCUT2D eigenvalue weighted by Crippen LogP contribution is 2.39. The second kappa shape index (κ2) is 7.44. The Balaban J connectivity index is 1.74. The van der Waals surface area contributed by atoms with Gasteiger partial charge in [-0.1, -0.05) is 18.2 Å². The summed E-state index contributed by atoms with van der Waals surface area (Å²) in [7, 11) is 1.86. The summed E-state index contributed by atoms with van der Waals surface area (Å²) in [6, 6.07) is 13.7. The molecule has 7 nitrogen and oxygen atoms in total. The normalized spacial score (nSPS) is 18.9. The van der Waals surface area contributed by atoms with Crippen molar-refractivity contribution in [3.8, 4) is 5.75 Å². The third-order valence-corrected chi connectivity index (χ3v) is 5.91. The number of hydrogen-bond acceptors (Lipinski definition) is 7. The Bertz CT molecular complexity index is 1060. The third kappa shape index (κ3) is 3.67. The first-order valence-corrected chi connectivity index (χ1v) is 10.1. The number of rotatable bonds is 6. The number of anilines is 2. The molecule has 0 bridgehead atoms. The van der Waals surface area contributed by atoms with Crippen molar-refractivity contribution in [3.63, 3.8) is 0 Å². The van der Waals surface area contributed by atoms with Gasteiger partial charge in [-0.15, -0.1) is 0 Å². The number of carbonyl (C=O) groups excluding carboxylic acids is 2. The van der Waals surface area contributed by atoms with E-state index >= 15 is 0 Å². The van der Waals surface area contributed by atoms with Crippen molar-refractivity contribution < 1.29 is 18.7 Å². The lowest BCUT2D eigenvalue weighted by Gasteiger charge is -2.24. The van der Waals surface area contributed by atoms with Gasteiger partial charge >= 0.3 is 6.01 Å². The van der Waals surface area contributed by atoms with E-state index in [2.05, 4.69) is 10.3 Å². The van der Waals surface area contributed by atoms with Gasteiger partial charge in [-0.3, -0.25) is 19.8 Å². The van der Waals surface area contributed by atoms with E-state index in [1.54, 1.807) is 6.92 Å². The Morgan fingerprint density at radius 3 is 2.72 bits per heavy atom. The number of hydrogen-bond donors (Lipinski definition) is 1. The zero-order valence-corrected chi connectivity index (χ0v) is 17.2. The molecule has 1 aliphatic heterocycles. The molecule has 2 heterocycles. The van der Waals surface area contributed by atoms with Crippen LogP contribution < -0.4 is 15.0 Å². The molecule has 0 spiro atoms. The maximum absolute atomic E-state index is 12.3. The number of nitrogens with zero attached hydrogens (tertiary/aromatic N) is 2. The highest BCUT2D eigenvalue weighted by molar-refractivity contribution is 8.16. The van der Waals surface area contributed by atoms with Gasteiger partial charge in [0.2, 0.25) is 5.91 Å². The fourth-order valence-corrected chi connectivity index (χ4v) is 4.27. The molecule has 2 amide bonds. The van der Waals surface area contributed by atoms with Crippen molar-refractivity contribution in [2.45, 2.75) is 25.0 Å². The van der Waals surface area contributed by atoms with Gasteiger partial charge in [0.15, 0.2) is 5.58 Å². The predicted octanol–water partition coefficient (Wildman–Crippen LogP) is 4.28. The van der Waals surface area contributed by atoms with Crippen LogP contribution in [0.3, 0.4) is 0 Å². The summed E-state index contributed by atoms with van der Waals surface area (Å²) < 4.78 is 10.7. The number of amides is 2. The third-order valence-electron chi connectivity index (χ3n) is 4.84. The zero-order valence-electron chi connectivity index (χ0n) is 16.4. The molecule has 1 unspecified atom stereocenters. The fourth-order valence-electron chi connectivity index (χ4n) is 3.35. The predicted molar refractivity (Wildman–Crippen MR) is 113 cm³/mol. The Labute approximate surface area is 172 Å². The molecule has 8 heteroatoms. The first-order chi connectivity index (χ1) is 13.9. The first kappa shape index (κ1) is 19.3. The van der Waals surface area contributed by atoms with Gasteiger partial charge in [-0.05, 0) is 55.8 Å². The van der Waals surface area contributed by atoms with E-state index in [0.717, 1.165) is 28.5 Å². The molecule has 0 radical (unpaired) electrons. The zero-order chi connectivity index (χ0) is 20.6. The molecule has 150 valence electrons. The van der Waals surface area contributed by atoms with Crippen molar-refractivity contribution >= 4 is 45.7 Å². The molecule has 1 saturated heterocycles. The summed E-state index contributed by atoms with van der Waals surface area (Å²) >= 11 is 1.02. The van der Waals surface area contributed by atoms with Crippen LogP contribution in [0.5, 0.6) is 5.75 Å². The number of imide groups is 1. The largest absolute Gasteiger partial charge is 0.494 e. The monoisotopic (exact) mass is 411 g/mol. The van der Waals surface area contributed by atoms with Crippen LogP contribution in [0.25, 0.3) is 11.1 Å². The van der Waals surface area contributed by atoms with E-state index < -0.39 is 4.75 Å². The summed E-state index contributed by atoms with van der Waals surface area (Å²) in [5.41, 5.74) is 3.15. The molecule has 0 saturated carbocycles. The smallest absolute Gasteiger partial charge is 0.302 e. The van der Waals surface area contributed by atoms with Crippen LogP contribution in [0.2, 0.25) is 0 Å². The highest BCUT2D eigenvalue weighted by atomic mass is 32.2. The van der Waals surface area contributed by atoms with Gasteiger partial charge < -0.3 is 9.15 Å². The first-order valence-electron chi connectivity index (χ1n) is 9.29. The van der Waals surface area contributed by atoms with Crippen LogP contribution in [0.1, 0.15) is 19.4 Å².